The number of hydrogen-bond acceptors (Lipinski definition) is 6. The van der Waals surface area contributed by atoms with E-state index in [0.717, 1.165) is 25.7 Å². The van der Waals surface area contributed by atoms with E-state index in [1.807, 2.05) is 6.92 Å². The van der Waals surface area contributed by atoms with Crippen LogP contribution in [0, 0.1) is 5.92 Å². The van der Waals surface area contributed by atoms with Gasteiger partial charge in [-0.1, -0.05) is 31.5 Å². The van der Waals surface area contributed by atoms with Crippen LogP contribution in [0.25, 0.3) is 0 Å². The van der Waals surface area contributed by atoms with Gasteiger partial charge in [0.2, 0.25) is 0 Å². The number of benzene rings is 1. The predicted molar refractivity (Wildman–Crippen MR) is 71.9 cm³/mol. The number of ether oxygens (including phenoxy) is 1. The topological polar surface area (TPSA) is 71.1 Å². The van der Waals surface area contributed by atoms with E-state index in [-0.39, 0.29) is 17.6 Å². The van der Waals surface area contributed by atoms with Gasteiger partial charge in [0.1, 0.15) is 6.10 Å². The molecule has 0 amide bonds. The van der Waals surface area contributed by atoms with Gasteiger partial charge in [0, 0.05) is 0 Å². The summed E-state index contributed by atoms with van der Waals surface area (Å²) in [5.74, 6) is -0.465. The Morgan fingerprint density at radius 1 is 1.05 bits per heavy atom. The van der Waals surface area contributed by atoms with Gasteiger partial charge in [0.25, 0.3) is 0 Å². The van der Waals surface area contributed by atoms with E-state index in [2.05, 4.69) is 14.8 Å². The Morgan fingerprint density at radius 2 is 1.76 bits per heavy atom. The van der Waals surface area contributed by atoms with Crippen LogP contribution in [0.4, 0.5) is 4.79 Å². The monoisotopic (exact) mass is 294 g/mol. The molecule has 21 heavy (non-hydrogen) atoms. The molecular weight excluding hydrogens is 276 g/mol. The van der Waals surface area contributed by atoms with E-state index < -0.39 is 12.1 Å². The third-order valence-electron chi connectivity index (χ3n) is 3.50. The Balaban J connectivity index is 1.68. The van der Waals surface area contributed by atoms with Crippen molar-refractivity contribution in [1.29, 1.82) is 0 Å². The Hall–Kier alpha value is -2.08. The van der Waals surface area contributed by atoms with Crippen LogP contribution < -0.4 is 0 Å². The quantitative estimate of drug-likeness (QED) is 0.481. The standard InChI is InChI=1S/C15H18O6/c1-11-7-5-6-10-13(11)18-15(17)20-21-19-14(16)12-8-3-2-4-9-12/h2-4,8-9,11,13H,5-7,10H2,1H3. The number of carbonyl (C=O) groups is 2. The molecule has 1 aromatic carbocycles. The second-order valence-electron chi connectivity index (χ2n) is 5.06. The Morgan fingerprint density at radius 3 is 2.48 bits per heavy atom. The van der Waals surface area contributed by atoms with Gasteiger partial charge in [-0.2, -0.15) is 0 Å². The van der Waals surface area contributed by atoms with Gasteiger partial charge < -0.3 is 4.74 Å². The average molecular weight is 294 g/mol. The molecule has 0 spiro atoms. The van der Waals surface area contributed by atoms with Crippen LogP contribution in [0.1, 0.15) is 43.0 Å². The highest BCUT2D eigenvalue weighted by molar-refractivity contribution is 5.88. The summed E-state index contributed by atoms with van der Waals surface area (Å²) in [6, 6.07) is 8.21. The van der Waals surface area contributed by atoms with E-state index in [4.69, 9.17) is 4.74 Å². The second-order valence-corrected chi connectivity index (χ2v) is 5.06. The molecule has 114 valence electrons. The van der Waals surface area contributed by atoms with Gasteiger partial charge >= 0.3 is 12.1 Å². The van der Waals surface area contributed by atoms with E-state index in [1.54, 1.807) is 30.3 Å². The zero-order valence-electron chi connectivity index (χ0n) is 11.8. The average Bonchev–Trinajstić information content (AvgIpc) is 2.50. The molecule has 6 nitrogen and oxygen atoms in total. The van der Waals surface area contributed by atoms with Gasteiger partial charge in [-0.05, 0) is 37.3 Å². The Bertz CT molecular complexity index is 472. The second kappa shape index (κ2) is 7.64. The van der Waals surface area contributed by atoms with Crippen molar-refractivity contribution in [3.63, 3.8) is 0 Å². The van der Waals surface area contributed by atoms with Gasteiger partial charge in [-0.25, -0.2) is 14.5 Å². The third-order valence-corrected chi connectivity index (χ3v) is 3.50. The van der Waals surface area contributed by atoms with Crippen molar-refractivity contribution in [1.82, 2.24) is 0 Å². The highest BCUT2D eigenvalue weighted by Gasteiger charge is 2.26. The first-order chi connectivity index (χ1) is 10.2. The summed E-state index contributed by atoms with van der Waals surface area (Å²) in [6.07, 6.45) is 2.80. The highest BCUT2D eigenvalue weighted by Crippen LogP contribution is 2.26. The highest BCUT2D eigenvalue weighted by atomic mass is 17.5. The molecule has 0 aliphatic heterocycles. The largest absolute Gasteiger partial charge is 0.543 e. The van der Waals surface area contributed by atoms with Crippen molar-refractivity contribution in [3.8, 4) is 0 Å². The van der Waals surface area contributed by atoms with Crippen molar-refractivity contribution in [2.45, 2.75) is 38.7 Å². The molecule has 2 rings (SSSR count). The minimum absolute atomic E-state index is 0.181. The molecule has 1 aliphatic rings. The summed E-state index contributed by atoms with van der Waals surface area (Å²) in [4.78, 5) is 31.5. The molecule has 1 fully saturated rings. The van der Waals surface area contributed by atoms with Crippen molar-refractivity contribution in [2.75, 3.05) is 0 Å². The summed E-state index contributed by atoms with van der Waals surface area (Å²) in [6.45, 7) is 2.02. The summed E-state index contributed by atoms with van der Waals surface area (Å²) in [5.41, 5.74) is 0.287. The summed E-state index contributed by atoms with van der Waals surface area (Å²) in [5, 5.41) is 4.16. The van der Waals surface area contributed by atoms with Crippen molar-refractivity contribution in [3.05, 3.63) is 35.9 Å². The number of carbonyl (C=O) groups excluding carboxylic acids is 2. The molecule has 1 saturated carbocycles. The van der Waals surface area contributed by atoms with Crippen LogP contribution in [0.3, 0.4) is 0 Å². The zero-order valence-corrected chi connectivity index (χ0v) is 11.8. The van der Waals surface area contributed by atoms with Crippen molar-refractivity contribution < 1.29 is 29.1 Å². The summed E-state index contributed by atoms with van der Waals surface area (Å²) >= 11 is 0. The molecule has 0 radical (unpaired) electrons. The molecule has 2 atom stereocenters. The SMILES string of the molecule is CC1CCCCC1OC(=O)OOOC(=O)c1ccccc1. The van der Waals surface area contributed by atoms with Crippen LogP contribution >= 0.6 is 0 Å². The molecule has 0 bridgehead atoms. The lowest BCUT2D eigenvalue weighted by atomic mass is 9.88. The van der Waals surface area contributed by atoms with E-state index >= 15 is 0 Å². The van der Waals surface area contributed by atoms with Crippen molar-refractivity contribution in [2.24, 2.45) is 5.92 Å². The summed E-state index contributed by atoms with van der Waals surface area (Å²) < 4.78 is 5.11. The fourth-order valence-corrected chi connectivity index (χ4v) is 2.30. The van der Waals surface area contributed by atoms with E-state index in [1.165, 1.54) is 0 Å². The fraction of sp³-hybridized carbons (Fsp3) is 0.467. The number of rotatable bonds is 4. The first kappa shape index (κ1) is 15.3. The molecule has 6 heteroatoms. The van der Waals surface area contributed by atoms with Crippen LogP contribution in [-0.2, 0) is 19.6 Å². The molecular formula is C15H18O6. The minimum atomic E-state index is -1.00. The van der Waals surface area contributed by atoms with Gasteiger partial charge in [0.15, 0.2) is 0 Å². The predicted octanol–water partition coefficient (Wildman–Crippen LogP) is 3.42. The Labute approximate surface area is 122 Å². The van der Waals surface area contributed by atoms with Crippen LogP contribution in [0.5, 0.6) is 0 Å². The third kappa shape index (κ3) is 4.75. The molecule has 2 unspecified atom stereocenters. The zero-order chi connectivity index (χ0) is 15.1. The Kier molecular flexibility index (Phi) is 5.57. The lowest BCUT2D eigenvalue weighted by Crippen LogP contribution is -2.28. The molecule has 0 saturated heterocycles. The lowest BCUT2D eigenvalue weighted by molar-refractivity contribution is -0.453. The lowest BCUT2D eigenvalue weighted by Gasteiger charge is -2.27. The minimum Gasteiger partial charge on any atom is -0.429 e. The summed E-state index contributed by atoms with van der Waals surface area (Å²) in [7, 11) is 0. The maximum Gasteiger partial charge on any atom is 0.543 e. The smallest absolute Gasteiger partial charge is 0.429 e. The first-order valence-electron chi connectivity index (χ1n) is 6.98. The fourth-order valence-electron chi connectivity index (χ4n) is 2.30. The maximum absolute atomic E-state index is 11.5. The number of hydrogen-bond donors (Lipinski definition) is 0. The van der Waals surface area contributed by atoms with Gasteiger partial charge in [0.05, 0.1) is 10.6 Å². The van der Waals surface area contributed by atoms with Crippen LogP contribution in [0.15, 0.2) is 30.3 Å². The molecule has 0 heterocycles. The normalized spacial score (nSPS) is 21.4. The first-order valence-corrected chi connectivity index (χ1v) is 6.98. The molecule has 1 aromatic rings. The molecule has 0 N–H and O–H groups in total. The molecule has 1 aliphatic carbocycles. The maximum atomic E-state index is 11.5. The van der Waals surface area contributed by atoms with E-state index in [0.29, 0.717) is 0 Å². The van der Waals surface area contributed by atoms with Gasteiger partial charge in [-0.15, -0.1) is 0 Å². The molecule has 0 aromatic heterocycles. The van der Waals surface area contributed by atoms with Crippen LogP contribution in [-0.4, -0.2) is 18.2 Å². The van der Waals surface area contributed by atoms with Crippen LogP contribution in [0.2, 0.25) is 0 Å². The van der Waals surface area contributed by atoms with Gasteiger partial charge in [-0.3, -0.25) is 4.89 Å². The van der Waals surface area contributed by atoms with E-state index in [9.17, 15) is 9.59 Å². The van der Waals surface area contributed by atoms with Crippen molar-refractivity contribution >= 4 is 12.1 Å².